The van der Waals surface area contributed by atoms with E-state index in [4.69, 9.17) is 15.4 Å². The monoisotopic (exact) mass is 170 g/mol. The fourth-order valence-corrected chi connectivity index (χ4v) is 1.30. The third kappa shape index (κ3) is 1.65. The van der Waals surface area contributed by atoms with E-state index in [0.29, 0.717) is 6.42 Å². The predicted octanol–water partition coefficient (Wildman–Crippen LogP) is 0.674. The van der Waals surface area contributed by atoms with Crippen LogP contribution >= 0.6 is 0 Å². The zero-order chi connectivity index (χ0) is 9.14. The fourth-order valence-electron chi connectivity index (χ4n) is 1.30. The minimum atomic E-state index is -0.166. The van der Waals surface area contributed by atoms with Gasteiger partial charge in [0, 0.05) is 18.2 Å². The summed E-state index contributed by atoms with van der Waals surface area (Å²) in [4.78, 5) is 0. The molecule has 0 amide bonds. The maximum absolute atomic E-state index is 8.69. The molecule has 0 aliphatic heterocycles. The van der Waals surface area contributed by atoms with Gasteiger partial charge in [0.05, 0.1) is 5.69 Å². The molecule has 0 aliphatic rings. The summed E-state index contributed by atoms with van der Waals surface area (Å²) in [5, 5.41) is 12.5. The van der Waals surface area contributed by atoms with Crippen molar-refractivity contribution in [1.29, 1.82) is 0 Å². The molecule has 1 aromatic heterocycles. The van der Waals surface area contributed by atoms with Crippen LogP contribution in [-0.4, -0.2) is 16.9 Å². The van der Waals surface area contributed by atoms with Gasteiger partial charge < -0.3 is 15.4 Å². The molecule has 0 spiro atoms. The fraction of sp³-hybridized carbons (Fsp3) is 0.625. The van der Waals surface area contributed by atoms with E-state index < -0.39 is 0 Å². The van der Waals surface area contributed by atoms with Crippen molar-refractivity contribution < 1.29 is 9.63 Å². The normalized spacial score (nSPS) is 13.3. The van der Waals surface area contributed by atoms with Gasteiger partial charge >= 0.3 is 0 Å². The molecule has 4 nitrogen and oxygen atoms in total. The van der Waals surface area contributed by atoms with Gasteiger partial charge in [-0.25, -0.2) is 0 Å². The van der Waals surface area contributed by atoms with Crippen LogP contribution in [0, 0.1) is 13.8 Å². The van der Waals surface area contributed by atoms with Crippen LogP contribution in [0.4, 0.5) is 0 Å². The van der Waals surface area contributed by atoms with E-state index in [2.05, 4.69) is 5.16 Å². The minimum Gasteiger partial charge on any atom is -0.396 e. The largest absolute Gasteiger partial charge is 0.396 e. The third-order valence-electron chi connectivity index (χ3n) is 1.90. The summed E-state index contributed by atoms with van der Waals surface area (Å²) < 4.78 is 4.95. The summed E-state index contributed by atoms with van der Waals surface area (Å²) in [7, 11) is 0. The summed E-state index contributed by atoms with van der Waals surface area (Å²) in [6, 6.07) is -0.166. The number of nitrogens with two attached hydrogens (primary N) is 1. The number of nitrogens with zero attached hydrogens (tertiary/aromatic N) is 1. The van der Waals surface area contributed by atoms with Crippen molar-refractivity contribution in [2.24, 2.45) is 5.73 Å². The Morgan fingerprint density at radius 1 is 1.58 bits per heavy atom. The van der Waals surface area contributed by atoms with Crippen LogP contribution in [-0.2, 0) is 0 Å². The molecule has 3 N–H and O–H groups in total. The van der Waals surface area contributed by atoms with Crippen molar-refractivity contribution in [2.75, 3.05) is 6.61 Å². The maximum atomic E-state index is 8.69. The second-order valence-electron chi connectivity index (χ2n) is 2.86. The molecule has 0 fully saturated rings. The Kier molecular flexibility index (Phi) is 2.83. The van der Waals surface area contributed by atoms with Crippen LogP contribution in [0.15, 0.2) is 4.52 Å². The van der Waals surface area contributed by atoms with Gasteiger partial charge in [0.2, 0.25) is 0 Å². The van der Waals surface area contributed by atoms with E-state index in [9.17, 15) is 0 Å². The molecular weight excluding hydrogens is 156 g/mol. The Bertz CT molecular complexity index is 238. The Labute approximate surface area is 71.4 Å². The van der Waals surface area contributed by atoms with E-state index in [1.165, 1.54) is 0 Å². The van der Waals surface area contributed by atoms with Crippen molar-refractivity contribution in [3.05, 3.63) is 17.0 Å². The molecule has 0 bridgehead atoms. The molecule has 1 atom stereocenters. The smallest absolute Gasteiger partial charge is 0.138 e. The van der Waals surface area contributed by atoms with Crippen LogP contribution in [0.5, 0.6) is 0 Å². The van der Waals surface area contributed by atoms with E-state index in [1.54, 1.807) is 0 Å². The zero-order valence-electron chi connectivity index (χ0n) is 7.37. The number of aromatic nitrogens is 1. The van der Waals surface area contributed by atoms with Gasteiger partial charge in [-0.15, -0.1) is 0 Å². The van der Waals surface area contributed by atoms with Gasteiger partial charge in [-0.05, 0) is 20.3 Å². The van der Waals surface area contributed by atoms with Crippen molar-refractivity contribution in [2.45, 2.75) is 26.3 Å². The van der Waals surface area contributed by atoms with E-state index in [-0.39, 0.29) is 12.6 Å². The van der Waals surface area contributed by atoms with Crippen molar-refractivity contribution in [3.63, 3.8) is 0 Å². The van der Waals surface area contributed by atoms with Gasteiger partial charge in [-0.2, -0.15) is 0 Å². The first-order valence-electron chi connectivity index (χ1n) is 3.96. The first-order chi connectivity index (χ1) is 5.66. The van der Waals surface area contributed by atoms with Crippen LogP contribution in [0.25, 0.3) is 0 Å². The lowest BCUT2D eigenvalue weighted by atomic mass is 10.0. The Hall–Kier alpha value is -0.870. The number of rotatable bonds is 3. The highest BCUT2D eigenvalue weighted by atomic mass is 16.5. The van der Waals surface area contributed by atoms with Gasteiger partial charge in [-0.1, -0.05) is 5.16 Å². The molecular formula is C8H14N2O2. The highest BCUT2D eigenvalue weighted by Gasteiger charge is 2.15. The maximum Gasteiger partial charge on any atom is 0.138 e. The van der Waals surface area contributed by atoms with Crippen LogP contribution < -0.4 is 5.73 Å². The number of hydrogen-bond acceptors (Lipinski definition) is 4. The average Bonchev–Trinajstić information content (AvgIpc) is 2.32. The number of hydrogen-bond donors (Lipinski definition) is 2. The molecule has 1 rings (SSSR count). The van der Waals surface area contributed by atoms with Gasteiger partial charge in [0.1, 0.15) is 5.76 Å². The lowest BCUT2D eigenvalue weighted by Crippen LogP contribution is -2.13. The van der Waals surface area contributed by atoms with Gasteiger partial charge in [0.15, 0.2) is 0 Å². The molecule has 0 radical (unpaired) electrons. The molecule has 4 heteroatoms. The van der Waals surface area contributed by atoms with Crippen molar-refractivity contribution >= 4 is 0 Å². The van der Waals surface area contributed by atoms with Crippen LogP contribution in [0.1, 0.15) is 29.5 Å². The highest BCUT2D eigenvalue weighted by molar-refractivity contribution is 5.24. The molecule has 0 aromatic carbocycles. The predicted molar refractivity (Wildman–Crippen MR) is 44.6 cm³/mol. The van der Waals surface area contributed by atoms with Gasteiger partial charge in [-0.3, -0.25) is 0 Å². The molecule has 0 saturated heterocycles. The van der Waals surface area contributed by atoms with E-state index >= 15 is 0 Å². The number of aryl methyl sites for hydroxylation is 2. The van der Waals surface area contributed by atoms with Gasteiger partial charge in [0.25, 0.3) is 0 Å². The molecule has 68 valence electrons. The molecule has 1 aromatic rings. The Balaban J connectivity index is 2.85. The zero-order valence-corrected chi connectivity index (χ0v) is 7.37. The second-order valence-corrected chi connectivity index (χ2v) is 2.86. The molecule has 0 saturated carbocycles. The summed E-state index contributed by atoms with van der Waals surface area (Å²) in [5.41, 5.74) is 7.53. The lowest BCUT2D eigenvalue weighted by molar-refractivity contribution is 0.276. The van der Waals surface area contributed by atoms with E-state index in [1.807, 2.05) is 13.8 Å². The van der Waals surface area contributed by atoms with E-state index in [0.717, 1.165) is 17.0 Å². The second kappa shape index (κ2) is 3.69. The summed E-state index contributed by atoms with van der Waals surface area (Å²) >= 11 is 0. The topological polar surface area (TPSA) is 72.3 Å². The third-order valence-corrected chi connectivity index (χ3v) is 1.90. The number of aliphatic hydroxyl groups excluding tert-OH is 1. The molecule has 0 aliphatic carbocycles. The lowest BCUT2D eigenvalue weighted by Gasteiger charge is -2.08. The summed E-state index contributed by atoms with van der Waals surface area (Å²) in [5.74, 6) is 0.744. The SMILES string of the molecule is Cc1noc(C)c1[C@H](N)CCO. The van der Waals surface area contributed by atoms with Crippen LogP contribution in [0.3, 0.4) is 0 Å². The first-order valence-corrected chi connectivity index (χ1v) is 3.96. The first kappa shape index (κ1) is 9.22. The standard InChI is InChI=1S/C8H14N2O2/c1-5-8(6(2)12-10-5)7(9)3-4-11/h7,11H,3-4,9H2,1-2H3/t7-/m1/s1. The van der Waals surface area contributed by atoms with Crippen molar-refractivity contribution in [3.8, 4) is 0 Å². The highest BCUT2D eigenvalue weighted by Crippen LogP contribution is 2.21. The molecule has 1 heterocycles. The molecule has 0 unspecified atom stereocenters. The average molecular weight is 170 g/mol. The quantitative estimate of drug-likeness (QED) is 0.699. The molecule has 12 heavy (non-hydrogen) atoms. The Morgan fingerprint density at radius 3 is 2.67 bits per heavy atom. The minimum absolute atomic E-state index is 0.0885. The Morgan fingerprint density at radius 2 is 2.25 bits per heavy atom. The van der Waals surface area contributed by atoms with Crippen LogP contribution in [0.2, 0.25) is 0 Å². The number of aliphatic hydroxyl groups is 1. The summed E-state index contributed by atoms with van der Waals surface area (Å²) in [6.07, 6.45) is 0.545. The summed E-state index contributed by atoms with van der Waals surface area (Å²) in [6.45, 7) is 3.76. The van der Waals surface area contributed by atoms with Crippen molar-refractivity contribution in [1.82, 2.24) is 5.16 Å².